The number of hydrogen-bond donors (Lipinski definition) is 1. The quantitative estimate of drug-likeness (QED) is 0.889. The molecule has 1 saturated heterocycles. The number of nitrogens with zero attached hydrogens (tertiary/aromatic N) is 2. The second-order valence-electron chi connectivity index (χ2n) is 5.22. The van der Waals surface area contributed by atoms with Crippen LogP contribution in [0.25, 0.3) is 0 Å². The summed E-state index contributed by atoms with van der Waals surface area (Å²) >= 11 is 1.92. The Bertz CT molecular complexity index is 467. The minimum atomic E-state index is 0.145. The van der Waals surface area contributed by atoms with Crippen molar-refractivity contribution in [3.63, 3.8) is 0 Å². The van der Waals surface area contributed by atoms with Gasteiger partial charge in [-0.3, -0.25) is 4.79 Å². The zero-order valence-electron chi connectivity index (χ0n) is 10.6. The first-order valence-corrected chi connectivity index (χ1v) is 7.68. The van der Waals surface area contributed by atoms with Gasteiger partial charge >= 0.3 is 0 Å². The fourth-order valence-electron chi connectivity index (χ4n) is 2.50. The SMILES string of the molecule is CC1CSCCN1C(=O)c1cc(N)cn1C1CC1. The molecule has 0 spiro atoms. The molecule has 2 fully saturated rings. The molecule has 2 heterocycles. The first-order chi connectivity index (χ1) is 8.66. The highest BCUT2D eigenvalue weighted by atomic mass is 32.2. The lowest BCUT2D eigenvalue weighted by atomic mass is 10.2. The van der Waals surface area contributed by atoms with Gasteiger partial charge in [0.25, 0.3) is 5.91 Å². The molecule has 1 aromatic rings. The van der Waals surface area contributed by atoms with E-state index >= 15 is 0 Å². The molecule has 1 aliphatic carbocycles. The molecule has 2 N–H and O–H groups in total. The summed E-state index contributed by atoms with van der Waals surface area (Å²) in [5, 5.41) is 0. The second-order valence-corrected chi connectivity index (χ2v) is 6.37. The lowest BCUT2D eigenvalue weighted by Crippen LogP contribution is -2.45. The van der Waals surface area contributed by atoms with Crippen LogP contribution in [0.15, 0.2) is 12.3 Å². The van der Waals surface area contributed by atoms with Gasteiger partial charge < -0.3 is 15.2 Å². The van der Waals surface area contributed by atoms with Crippen LogP contribution in [0.5, 0.6) is 0 Å². The summed E-state index contributed by atoms with van der Waals surface area (Å²) < 4.78 is 2.08. The Morgan fingerprint density at radius 3 is 2.94 bits per heavy atom. The highest BCUT2D eigenvalue weighted by molar-refractivity contribution is 7.99. The fraction of sp³-hybridized carbons (Fsp3) is 0.615. The first kappa shape index (κ1) is 12.0. The Morgan fingerprint density at radius 2 is 2.28 bits per heavy atom. The maximum Gasteiger partial charge on any atom is 0.270 e. The third kappa shape index (κ3) is 2.11. The molecule has 5 heteroatoms. The number of anilines is 1. The second kappa shape index (κ2) is 4.53. The van der Waals surface area contributed by atoms with Crippen molar-refractivity contribution in [3.05, 3.63) is 18.0 Å². The van der Waals surface area contributed by atoms with Crippen LogP contribution >= 0.6 is 11.8 Å². The van der Waals surface area contributed by atoms with Crippen molar-refractivity contribution in [3.8, 4) is 0 Å². The van der Waals surface area contributed by atoms with Crippen LogP contribution in [-0.2, 0) is 0 Å². The summed E-state index contributed by atoms with van der Waals surface area (Å²) in [4.78, 5) is 14.6. The van der Waals surface area contributed by atoms with E-state index in [2.05, 4.69) is 11.5 Å². The third-order valence-electron chi connectivity index (χ3n) is 3.66. The van der Waals surface area contributed by atoms with Gasteiger partial charge in [-0.15, -0.1) is 0 Å². The van der Waals surface area contributed by atoms with Crippen LogP contribution in [0.2, 0.25) is 0 Å². The molecular weight excluding hydrogens is 246 g/mol. The Hall–Kier alpha value is -1.10. The maximum absolute atomic E-state index is 12.6. The number of hydrogen-bond acceptors (Lipinski definition) is 3. The van der Waals surface area contributed by atoms with Crippen molar-refractivity contribution < 1.29 is 4.79 Å². The average Bonchev–Trinajstić information content (AvgIpc) is 3.12. The lowest BCUT2D eigenvalue weighted by Gasteiger charge is -2.33. The van der Waals surface area contributed by atoms with Crippen molar-refractivity contribution in [2.24, 2.45) is 0 Å². The van der Waals surface area contributed by atoms with Crippen LogP contribution in [0, 0.1) is 0 Å². The van der Waals surface area contributed by atoms with Crippen molar-refractivity contribution in [1.82, 2.24) is 9.47 Å². The van der Waals surface area contributed by atoms with Crippen LogP contribution < -0.4 is 5.73 Å². The molecule has 98 valence electrons. The van der Waals surface area contributed by atoms with Gasteiger partial charge in [-0.25, -0.2) is 0 Å². The number of thioether (sulfide) groups is 1. The number of carbonyl (C=O) groups excluding carboxylic acids is 1. The van der Waals surface area contributed by atoms with E-state index < -0.39 is 0 Å². The average molecular weight is 265 g/mol. The normalized spacial score (nSPS) is 24.3. The van der Waals surface area contributed by atoms with Crippen molar-refractivity contribution in [2.75, 3.05) is 23.8 Å². The van der Waals surface area contributed by atoms with E-state index in [-0.39, 0.29) is 5.91 Å². The number of aromatic nitrogens is 1. The van der Waals surface area contributed by atoms with Gasteiger partial charge in [0.15, 0.2) is 0 Å². The van der Waals surface area contributed by atoms with E-state index in [9.17, 15) is 4.79 Å². The Labute approximate surface area is 112 Å². The number of amides is 1. The van der Waals surface area contributed by atoms with Gasteiger partial charge in [0, 0.05) is 36.3 Å². The van der Waals surface area contributed by atoms with Gasteiger partial charge in [0.2, 0.25) is 0 Å². The van der Waals surface area contributed by atoms with Crippen LogP contribution in [-0.4, -0.2) is 39.5 Å². The summed E-state index contributed by atoms with van der Waals surface area (Å²) in [6.45, 7) is 2.97. The Kier molecular flexibility index (Phi) is 3.01. The number of rotatable bonds is 2. The molecule has 4 nitrogen and oxygen atoms in total. The summed E-state index contributed by atoms with van der Waals surface area (Å²) in [7, 11) is 0. The monoisotopic (exact) mass is 265 g/mol. The number of carbonyl (C=O) groups is 1. The van der Waals surface area contributed by atoms with Crippen molar-refractivity contribution >= 4 is 23.4 Å². The number of nitrogens with two attached hydrogens (primary N) is 1. The van der Waals surface area contributed by atoms with E-state index in [1.54, 1.807) is 0 Å². The van der Waals surface area contributed by atoms with Gasteiger partial charge in [-0.05, 0) is 25.8 Å². The molecule has 0 aromatic carbocycles. The molecule has 1 saturated carbocycles. The van der Waals surface area contributed by atoms with Gasteiger partial charge in [-0.2, -0.15) is 11.8 Å². The van der Waals surface area contributed by atoms with Gasteiger partial charge in [-0.1, -0.05) is 0 Å². The van der Waals surface area contributed by atoms with E-state index in [0.717, 1.165) is 23.7 Å². The van der Waals surface area contributed by atoms with Crippen LogP contribution in [0.4, 0.5) is 5.69 Å². The standard InChI is InChI=1S/C13H19N3OS/c1-9-8-18-5-4-15(9)13(17)12-6-10(14)7-16(12)11-2-3-11/h6-7,9,11H,2-5,8,14H2,1H3. The van der Waals surface area contributed by atoms with E-state index in [1.165, 1.54) is 12.8 Å². The van der Waals surface area contributed by atoms with Crippen molar-refractivity contribution in [2.45, 2.75) is 31.8 Å². The van der Waals surface area contributed by atoms with E-state index in [4.69, 9.17) is 5.73 Å². The summed E-state index contributed by atoms with van der Waals surface area (Å²) in [5.41, 5.74) is 7.32. The van der Waals surface area contributed by atoms with Crippen molar-refractivity contribution in [1.29, 1.82) is 0 Å². The van der Waals surface area contributed by atoms with E-state index in [0.29, 0.717) is 17.8 Å². The largest absolute Gasteiger partial charge is 0.397 e. The minimum Gasteiger partial charge on any atom is -0.397 e. The fourth-order valence-corrected chi connectivity index (χ4v) is 3.52. The molecule has 0 bridgehead atoms. The zero-order valence-corrected chi connectivity index (χ0v) is 11.4. The Morgan fingerprint density at radius 1 is 1.50 bits per heavy atom. The first-order valence-electron chi connectivity index (χ1n) is 6.53. The predicted molar refractivity (Wildman–Crippen MR) is 74.9 cm³/mol. The molecule has 1 atom stereocenters. The topological polar surface area (TPSA) is 51.3 Å². The van der Waals surface area contributed by atoms with Crippen LogP contribution in [0.1, 0.15) is 36.3 Å². The summed E-state index contributed by atoms with van der Waals surface area (Å²) in [5.74, 6) is 2.22. The molecule has 1 aliphatic heterocycles. The molecule has 18 heavy (non-hydrogen) atoms. The lowest BCUT2D eigenvalue weighted by molar-refractivity contribution is 0.0704. The highest BCUT2D eigenvalue weighted by Gasteiger charge is 2.31. The molecule has 2 aliphatic rings. The third-order valence-corrected chi connectivity index (χ3v) is 4.85. The molecular formula is C13H19N3OS. The van der Waals surface area contributed by atoms with E-state index in [1.807, 2.05) is 28.9 Å². The molecule has 0 radical (unpaired) electrons. The van der Waals surface area contributed by atoms with Gasteiger partial charge in [0.1, 0.15) is 5.69 Å². The Balaban J connectivity index is 1.86. The summed E-state index contributed by atoms with van der Waals surface area (Å²) in [6.07, 6.45) is 4.24. The summed E-state index contributed by atoms with van der Waals surface area (Å²) in [6, 6.07) is 2.64. The molecule has 1 unspecified atom stereocenters. The van der Waals surface area contributed by atoms with Crippen LogP contribution in [0.3, 0.4) is 0 Å². The van der Waals surface area contributed by atoms with Gasteiger partial charge in [0.05, 0.1) is 5.69 Å². The maximum atomic E-state index is 12.6. The highest BCUT2D eigenvalue weighted by Crippen LogP contribution is 2.37. The predicted octanol–water partition coefficient (Wildman–Crippen LogP) is 1.98. The smallest absolute Gasteiger partial charge is 0.270 e. The minimum absolute atomic E-state index is 0.145. The molecule has 1 aromatic heterocycles. The molecule has 1 amide bonds. The molecule has 3 rings (SSSR count). The zero-order chi connectivity index (χ0) is 12.7. The number of nitrogen functional groups attached to an aromatic ring is 1.